The molecule has 0 unspecified atom stereocenters. The van der Waals surface area contributed by atoms with Crippen molar-refractivity contribution in [1.29, 1.82) is 0 Å². The molecule has 88 valence electrons. The number of unbranched alkanes of at least 4 members (excludes halogenated alkanes) is 2. The van der Waals surface area contributed by atoms with Gasteiger partial charge in [-0.15, -0.1) is 0 Å². The number of hydroxylamine groups is 1. The van der Waals surface area contributed by atoms with Gasteiger partial charge in [-0.3, -0.25) is 10.3 Å². The molecule has 1 rings (SSSR count). The fourth-order valence-corrected chi connectivity index (χ4v) is 1.51. The maximum Gasteiger partial charge on any atom is 0.337 e. The molecule has 0 saturated heterocycles. The summed E-state index contributed by atoms with van der Waals surface area (Å²) in [6.07, 6.45) is 2.93. The number of hydrogen-bond acceptors (Lipinski definition) is 3. The highest BCUT2D eigenvalue weighted by molar-refractivity contribution is 5.94. The van der Waals surface area contributed by atoms with E-state index in [9.17, 15) is 10.0 Å². The molecule has 0 aliphatic heterocycles. The first-order valence-electron chi connectivity index (χ1n) is 5.45. The Morgan fingerprint density at radius 2 is 2.00 bits per heavy atom. The van der Waals surface area contributed by atoms with Gasteiger partial charge >= 0.3 is 5.97 Å². The molecule has 0 aliphatic carbocycles. The summed E-state index contributed by atoms with van der Waals surface area (Å²) in [5.74, 6) is -1.02. The van der Waals surface area contributed by atoms with E-state index in [1.54, 1.807) is 18.2 Å². The summed E-state index contributed by atoms with van der Waals surface area (Å²) in [6, 6.07) is 6.45. The molecule has 0 bridgehead atoms. The highest BCUT2D eigenvalue weighted by Gasteiger charge is 2.13. The van der Waals surface area contributed by atoms with Gasteiger partial charge in [0.2, 0.25) is 0 Å². The van der Waals surface area contributed by atoms with E-state index in [1.807, 2.05) is 0 Å². The quantitative estimate of drug-likeness (QED) is 0.575. The molecule has 0 aliphatic rings. The summed E-state index contributed by atoms with van der Waals surface area (Å²) >= 11 is 0. The molecule has 0 saturated carbocycles. The zero-order valence-electron chi connectivity index (χ0n) is 9.39. The lowest BCUT2D eigenvalue weighted by molar-refractivity contribution is 0.0695. The topological polar surface area (TPSA) is 60.8 Å². The second-order valence-corrected chi connectivity index (χ2v) is 3.65. The highest BCUT2D eigenvalue weighted by atomic mass is 16.5. The van der Waals surface area contributed by atoms with Crippen molar-refractivity contribution in [3.05, 3.63) is 29.8 Å². The third-order valence-electron chi connectivity index (χ3n) is 2.39. The van der Waals surface area contributed by atoms with Crippen LogP contribution in [0, 0.1) is 0 Å². The molecule has 0 fully saturated rings. The van der Waals surface area contributed by atoms with Crippen molar-refractivity contribution in [1.82, 2.24) is 0 Å². The largest absolute Gasteiger partial charge is 0.478 e. The van der Waals surface area contributed by atoms with Gasteiger partial charge < -0.3 is 5.11 Å². The van der Waals surface area contributed by atoms with Crippen molar-refractivity contribution < 1.29 is 15.1 Å². The SMILES string of the molecule is CCCCCN(O)c1ccccc1C(=O)O. The average Bonchev–Trinajstić information content (AvgIpc) is 2.29. The molecular formula is C12H17NO3. The smallest absolute Gasteiger partial charge is 0.337 e. The molecule has 4 nitrogen and oxygen atoms in total. The minimum absolute atomic E-state index is 0.126. The van der Waals surface area contributed by atoms with Crippen LogP contribution in [0.15, 0.2) is 24.3 Å². The van der Waals surface area contributed by atoms with Gasteiger partial charge in [-0.2, -0.15) is 0 Å². The molecule has 0 aromatic heterocycles. The van der Waals surface area contributed by atoms with E-state index >= 15 is 0 Å². The van der Waals surface area contributed by atoms with Gasteiger partial charge in [0.05, 0.1) is 11.3 Å². The number of nitrogens with zero attached hydrogens (tertiary/aromatic N) is 1. The van der Waals surface area contributed by atoms with Crippen molar-refractivity contribution in [2.24, 2.45) is 0 Å². The lowest BCUT2D eigenvalue weighted by atomic mass is 10.1. The van der Waals surface area contributed by atoms with E-state index in [1.165, 1.54) is 6.07 Å². The number of hydrogen-bond donors (Lipinski definition) is 2. The van der Waals surface area contributed by atoms with E-state index in [0.717, 1.165) is 24.3 Å². The predicted octanol–water partition coefficient (Wildman–Crippen LogP) is 2.77. The van der Waals surface area contributed by atoms with Crippen LogP contribution in [0.25, 0.3) is 0 Å². The number of carboxylic acids is 1. The lowest BCUT2D eigenvalue weighted by Gasteiger charge is -2.18. The fraction of sp³-hybridized carbons (Fsp3) is 0.417. The van der Waals surface area contributed by atoms with Crippen molar-refractivity contribution >= 4 is 11.7 Å². The predicted molar refractivity (Wildman–Crippen MR) is 62.1 cm³/mol. The number of carbonyl (C=O) groups is 1. The van der Waals surface area contributed by atoms with Crippen LogP contribution in [0.4, 0.5) is 5.69 Å². The second kappa shape index (κ2) is 6.12. The lowest BCUT2D eigenvalue weighted by Crippen LogP contribution is -2.21. The zero-order chi connectivity index (χ0) is 12.0. The van der Waals surface area contributed by atoms with Crippen LogP contribution in [0.5, 0.6) is 0 Å². The van der Waals surface area contributed by atoms with Crippen molar-refractivity contribution in [2.75, 3.05) is 11.6 Å². The maximum absolute atomic E-state index is 10.9. The number of aromatic carboxylic acids is 1. The van der Waals surface area contributed by atoms with Gasteiger partial charge in [0.25, 0.3) is 0 Å². The van der Waals surface area contributed by atoms with Gasteiger partial charge in [0.15, 0.2) is 0 Å². The molecule has 0 radical (unpaired) electrons. The average molecular weight is 223 g/mol. The molecule has 0 atom stereocenters. The third kappa shape index (κ3) is 3.24. The van der Waals surface area contributed by atoms with Gasteiger partial charge in [0, 0.05) is 6.54 Å². The van der Waals surface area contributed by atoms with E-state index in [2.05, 4.69) is 6.92 Å². The Hall–Kier alpha value is -1.55. The summed E-state index contributed by atoms with van der Waals surface area (Å²) < 4.78 is 0. The summed E-state index contributed by atoms with van der Waals surface area (Å²) in [4.78, 5) is 10.9. The molecule has 0 heterocycles. The third-order valence-corrected chi connectivity index (χ3v) is 2.39. The first-order valence-corrected chi connectivity index (χ1v) is 5.45. The first kappa shape index (κ1) is 12.5. The summed E-state index contributed by atoms with van der Waals surface area (Å²) in [7, 11) is 0. The maximum atomic E-state index is 10.9. The van der Waals surface area contributed by atoms with E-state index < -0.39 is 5.97 Å². The Morgan fingerprint density at radius 1 is 1.31 bits per heavy atom. The van der Waals surface area contributed by atoms with Crippen LogP contribution in [0.2, 0.25) is 0 Å². The van der Waals surface area contributed by atoms with Crippen LogP contribution < -0.4 is 5.06 Å². The monoisotopic (exact) mass is 223 g/mol. The number of carboxylic acid groups (broad SMARTS) is 1. The number of anilines is 1. The molecular weight excluding hydrogens is 206 g/mol. The van der Waals surface area contributed by atoms with E-state index in [4.69, 9.17) is 5.11 Å². The van der Waals surface area contributed by atoms with Gasteiger partial charge in [-0.1, -0.05) is 31.9 Å². The molecule has 0 amide bonds. The number of rotatable bonds is 6. The standard InChI is InChI=1S/C12H17NO3/c1-2-3-6-9-13(16)11-8-5-4-7-10(11)12(14)15/h4-5,7-8,16H,2-3,6,9H2,1H3,(H,14,15). The zero-order valence-corrected chi connectivity index (χ0v) is 9.39. The second-order valence-electron chi connectivity index (χ2n) is 3.65. The Balaban J connectivity index is 2.74. The molecule has 0 spiro atoms. The van der Waals surface area contributed by atoms with Gasteiger partial charge in [-0.05, 0) is 18.6 Å². The van der Waals surface area contributed by atoms with Crippen LogP contribution in [-0.2, 0) is 0 Å². The normalized spacial score (nSPS) is 10.1. The van der Waals surface area contributed by atoms with Crippen molar-refractivity contribution in [3.63, 3.8) is 0 Å². The van der Waals surface area contributed by atoms with Gasteiger partial charge in [-0.25, -0.2) is 4.79 Å². The minimum Gasteiger partial charge on any atom is -0.478 e. The van der Waals surface area contributed by atoms with Crippen molar-refractivity contribution in [2.45, 2.75) is 26.2 Å². The van der Waals surface area contributed by atoms with Crippen LogP contribution in [0.3, 0.4) is 0 Å². The number of para-hydroxylation sites is 1. The Morgan fingerprint density at radius 3 is 2.62 bits per heavy atom. The molecule has 4 heteroatoms. The van der Waals surface area contributed by atoms with E-state index in [-0.39, 0.29) is 5.56 Å². The highest BCUT2D eigenvalue weighted by Crippen LogP contribution is 2.19. The fourth-order valence-electron chi connectivity index (χ4n) is 1.51. The van der Waals surface area contributed by atoms with Crippen LogP contribution >= 0.6 is 0 Å². The summed E-state index contributed by atoms with van der Waals surface area (Å²) in [5.41, 5.74) is 0.479. The first-order chi connectivity index (χ1) is 7.66. The summed E-state index contributed by atoms with van der Waals surface area (Å²) in [6.45, 7) is 2.53. The van der Waals surface area contributed by atoms with Crippen LogP contribution in [-0.4, -0.2) is 22.8 Å². The molecule has 1 aromatic rings. The molecule has 2 N–H and O–H groups in total. The minimum atomic E-state index is -1.02. The van der Waals surface area contributed by atoms with Crippen LogP contribution in [0.1, 0.15) is 36.5 Å². The molecule has 1 aromatic carbocycles. The Bertz CT molecular complexity index is 352. The Kier molecular flexibility index (Phi) is 4.79. The number of benzene rings is 1. The summed E-state index contributed by atoms with van der Waals surface area (Å²) in [5, 5.41) is 19.7. The Labute approximate surface area is 95.1 Å². The van der Waals surface area contributed by atoms with Gasteiger partial charge in [0.1, 0.15) is 0 Å². The van der Waals surface area contributed by atoms with E-state index in [0.29, 0.717) is 12.2 Å². The molecule has 16 heavy (non-hydrogen) atoms. The van der Waals surface area contributed by atoms with Crippen molar-refractivity contribution in [3.8, 4) is 0 Å².